The average Bonchev–Trinajstić information content (AvgIpc) is 3.24. The van der Waals surface area contributed by atoms with E-state index in [1.165, 1.54) is 5.56 Å². The predicted molar refractivity (Wildman–Crippen MR) is 144 cm³/mol. The molecular formula is C30H35N3O3. The number of aromatic nitrogens is 2. The summed E-state index contributed by atoms with van der Waals surface area (Å²) in [5.74, 6) is 3.14. The number of benzene rings is 3. The Hall–Kier alpha value is -3.80. The third kappa shape index (κ3) is 6.45. The summed E-state index contributed by atoms with van der Waals surface area (Å²) >= 11 is 0. The average molecular weight is 486 g/mol. The summed E-state index contributed by atoms with van der Waals surface area (Å²) in [4.78, 5) is 17.3. The zero-order valence-corrected chi connectivity index (χ0v) is 21.4. The van der Waals surface area contributed by atoms with Gasteiger partial charge in [-0.1, -0.05) is 56.3 Å². The second-order valence-electron chi connectivity index (χ2n) is 9.19. The van der Waals surface area contributed by atoms with Gasteiger partial charge >= 0.3 is 0 Å². The normalized spacial score (nSPS) is 11.1. The van der Waals surface area contributed by atoms with Crippen LogP contribution in [-0.2, 0) is 24.2 Å². The van der Waals surface area contributed by atoms with E-state index in [2.05, 4.69) is 41.9 Å². The van der Waals surface area contributed by atoms with Gasteiger partial charge in [-0.05, 0) is 53.8 Å². The highest BCUT2D eigenvalue weighted by atomic mass is 16.5. The molecule has 1 heterocycles. The molecule has 0 saturated heterocycles. The van der Waals surface area contributed by atoms with Crippen LogP contribution in [0.4, 0.5) is 0 Å². The van der Waals surface area contributed by atoms with E-state index in [0.717, 1.165) is 46.9 Å². The molecule has 0 unspecified atom stereocenters. The van der Waals surface area contributed by atoms with E-state index in [1.807, 2.05) is 54.6 Å². The number of rotatable bonds is 12. The molecule has 0 spiro atoms. The number of aryl methyl sites for hydroxylation is 1. The van der Waals surface area contributed by atoms with Crippen LogP contribution in [0.2, 0.25) is 0 Å². The van der Waals surface area contributed by atoms with E-state index in [0.29, 0.717) is 31.9 Å². The fourth-order valence-corrected chi connectivity index (χ4v) is 4.36. The molecule has 36 heavy (non-hydrogen) atoms. The molecule has 1 aromatic heterocycles. The summed E-state index contributed by atoms with van der Waals surface area (Å²) in [7, 11) is 1.63. The van der Waals surface area contributed by atoms with Crippen LogP contribution in [0.5, 0.6) is 11.5 Å². The molecule has 0 aliphatic rings. The predicted octanol–water partition coefficient (Wildman–Crippen LogP) is 5.54. The molecule has 6 heteroatoms. The van der Waals surface area contributed by atoms with Crippen molar-refractivity contribution in [3.63, 3.8) is 0 Å². The molecule has 0 aliphatic heterocycles. The molecule has 0 saturated carbocycles. The fraction of sp³-hybridized carbons (Fsp3) is 0.333. The van der Waals surface area contributed by atoms with Crippen LogP contribution in [0.1, 0.15) is 43.1 Å². The Morgan fingerprint density at radius 1 is 1.00 bits per heavy atom. The number of imidazole rings is 1. The molecule has 0 radical (unpaired) electrons. The third-order valence-corrected chi connectivity index (χ3v) is 6.25. The lowest BCUT2D eigenvalue weighted by atomic mass is 10.0. The first-order chi connectivity index (χ1) is 17.5. The zero-order valence-electron chi connectivity index (χ0n) is 21.4. The van der Waals surface area contributed by atoms with Gasteiger partial charge in [0, 0.05) is 19.5 Å². The molecule has 1 N–H and O–H groups in total. The lowest BCUT2D eigenvalue weighted by Gasteiger charge is -2.14. The number of nitrogens with zero attached hydrogens (tertiary/aromatic N) is 2. The number of hydrogen-bond donors (Lipinski definition) is 1. The van der Waals surface area contributed by atoms with Gasteiger partial charge in [0.05, 0.1) is 31.2 Å². The van der Waals surface area contributed by atoms with Gasteiger partial charge in [-0.2, -0.15) is 0 Å². The Balaban J connectivity index is 1.33. The van der Waals surface area contributed by atoms with E-state index in [-0.39, 0.29) is 5.91 Å². The largest absolute Gasteiger partial charge is 0.497 e. The summed E-state index contributed by atoms with van der Waals surface area (Å²) in [5.41, 5.74) is 4.28. The monoisotopic (exact) mass is 485 g/mol. The number of methoxy groups -OCH3 is 1. The van der Waals surface area contributed by atoms with Gasteiger partial charge in [0.1, 0.15) is 17.3 Å². The molecule has 0 atom stereocenters. The Bertz CT molecular complexity index is 1280. The molecule has 6 nitrogen and oxygen atoms in total. The first-order valence-electron chi connectivity index (χ1n) is 12.6. The van der Waals surface area contributed by atoms with Crippen molar-refractivity contribution in [2.24, 2.45) is 0 Å². The number of ether oxygens (including phenoxy) is 2. The lowest BCUT2D eigenvalue weighted by molar-refractivity contribution is -0.120. The van der Waals surface area contributed by atoms with E-state index < -0.39 is 0 Å². The number of para-hydroxylation sites is 3. The minimum absolute atomic E-state index is 0.0000424. The van der Waals surface area contributed by atoms with Crippen LogP contribution in [0.3, 0.4) is 0 Å². The maximum absolute atomic E-state index is 12.4. The fourth-order valence-electron chi connectivity index (χ4n) is 4.36. The first kappa shape index (κ1) is 25.3. The minimum Gasteiger partial charge on any atom is -0.497 e. The topological polar surface area (TPSA) is 65.4 Å². The summed E-state index contributed by atoms with van der Waals surface area (Å²) in [6.45, 7) is 6.34. The minimum atomic E-state index is 0.0000424. The quantitative estimate of drug-likeness (QED) is 0.268. The molecule has 4 rings (SSSR count). The third-order valence-electron chi connectivity index (χ3n) is 6.25. The molecular weight excluding hydrogens is 450 g/mol. The van der Waals surface area contributed by atoms with Crippen LogP contribution in [-0.4, -0.2) is 35.7 Å². The zero-order chi connectivity index (χ0) is 25.3. The number of nitrogens with one attached hydrogen (secondary N) is 1. The van der Waals surface area contributed by atoms with Gasteiger partial charge in [-0.15, -0.1) is 0 Å². The highest BCUT2D eigenvalue weighted by Crippen LogP contribution is 2.26. The van der Waals surface area contributed by atoms with Gasteiger partial charge in [0.2, 0.25) is 5.91 Å². The van der Waals surface area contributed by atoms with E-state index in [9.17, 15) is 4.79 Å². The molecule has 0 fully saturated rings. The standard InChI is InChI=1S/C30H35N3O3/c1-22(2)25-9-4-7-12-28(25)36-20-8-19-33-27-11-6-5-10-26(27)32-29(33)17-18-31-30(34)21-23-13-15-24(35-3)16-14-23/h4-7,9-16,22H,8,17-21H2,1-3H3,(H,31,34). The Morgan fingerprint density at radius 2 is 1.75 bits per heavy atom. The van der Waals surface area contributed by atoms with Crippen molar-refractivity contribution in [3.05, 3.63) is 89.7 Å². The number of carbonyl (C=O) groups is 1. The van der Waals surface area contributed by atoms with Crippen molar-refractivity contribution in [2.75, 3.05) is 20.3 Å². The van der Waals surface area contributed by atoms with Crippen molar-refractivity contribution in [2.45, 2.75) is 45.6 Å². The SMILES string of the molecule is COc1ccc(CC(=O)NCCc2nc3ccccc3n2CCCOc2ccccc2C(C)C)cc1. The maximum atomic E-state index is 12.4. The van der Waals surface area contributed by atoms with Gasteiger partial charge < -0.3 is 19.4 Å². The Kier molecular flexibility index (Phi) is 8.61. The molecule has 3 aromatic carbocycles. The smallest absolute Gasteiger partial charge is 0.224 e. The number of amides is 1. The van der Waals surface area contributed by atoms with Crippen molar-refractivity contribution in [3.8, 4) is 11.5 Å². The first-order valence-corrected chi connectivity index (χ1v) is 12.6. The van der Waals surface area contributed by atoms with Gasteiger partial charge in [-0.25, -0.2) is 4.98 Å². The lowest BCUT2D eigenvalue weighted by Crippen LogP contribution is -2.28. The van der Waals surface area contributed by atoms with Crippen molar-refractivity contribution in [1.29, 1.82) is 0 Å². The van der Waals surface area contributed by atoms with E-state index in [1.54, 1.807) is 7.11 Å². The molecule has 188 valence electrons. The van der Waals surface area contributed by atoms with E-state index in [4.69, 9.17) is 14.5 Å². The van der Waals surface area contributed by atoms with Gasteiger partial charge in [0.25, 0.3) is 0 Å². The number of fused-ring (bicyclic) bond motifs is 1. The van der Waals surface area contributed by atoms with Crippen LogP contribution in [0, 0.1) is 0 Å². The van der Waals surface area contributed by atoms with Gasteiger partial charge in [0.15, 0.2) is 0 Å². The second-order valence-corrected chi connectivity index (χ2v) is 9.19. The second kappa shape index (κ2) is 12.2. The van der Waals surface area contributed by atoms with Crippen molar-refractivity contribution >= 4 is 16.9 Å². The van der Waals surface area contributed by atoms with Crippen molar-refractivity contribution < 1.29 is 14.3 Å². The highest BCUT2D eigenvalue weighted by molar-refractivity contribution is 5.78. The maximum Gasteiger partial charge on any atom is 0.224 e. The van der Waals surface area contributed by atoms with Crippen LogP contribution in [0.25, 0.3) is 11.0 Å². The van der Waals surface area contributed by atoms with Gasteiger partial charge in [-0.3, -0.25) is 4.79 Å². The summed E-state index contributed by atoms with van der Waals surface area (Å²) in [6.07, 6.45) is 1.87. The van der Waals surface area contributed by atoms with Crippen LogP contribution < -0.4 is 14.8 Å². The Labute approximate surface area is 213 Å². The van der Waals surface area contributed by atoms with Crippen molar-refractivity contribution in [1.82, 2.24) is 14.9 Å². The summed E-state index contributed by atoms with van der Waals surface area (Å²) in [5, 5.41) is 3.04. The van der Waals surface area contributed by atoms with Crippen LogP contribution >= 0.6 is 0 Å². The van der Waals surface area contributed by atoms with Crippen LogP contribution in [0.15, 0.2) is 72.8 Å². The molecule has 0 aliphatic carbocycles. The summed E-state index contributed by atoms with van der Waals surface area (Å²) < 4.78 is 13.6. The number of hydrogen-bond acceptors (Lipinski definition) is 4. The highest BCUT2D eigenvalue weighted by Gasteiger charge is 2.12. The van der Waals surface area contributed by atoms with E-state index >= 15 is 0 Å². The summed E-state index contributed by atoms with van der Waals surface area (Å²) in [6, 6.07) is 24.0. The number of carbonyl (C=O) groups excluding carboxylic acids is 1. The Morgan fingerprint density at radius 3 is 2.53 bits per heavy atom. The molecule has 0 bridgehead atoms. The molecule has 1 amide bonds. The molecule has 4 aromatic rings.